The van der Waals surface area contributed by atoms with E-state index in [-0.39, 0.29) is 0 Å². The Balaban J connectivity index is 1.95. The second-order valence-electron chi connectivity index (χ2n) is 5.89. The molecule has 2 heterocycles. The molecular formula is C18H19N3. The van der Waals surface area contributed by atoms with E-state index in [1.54, 1.807) is 0 Å². The molecule has 0 aliphatic carbocycles. The molecule has 3 aromatic rings. The van der Waals surface area contributed by atoms with Crippen LogP contribution in [-0.2, 0) is 0 Å². The minimum atomic E-state index is 0.369. The van der Waals surface area contributed by atoms with Crippen molar-refractivity contribution >= 4 is 17.0 Å². The number of nitrogens with one attached hydrogen (secondary N) is 1. The van der Waals surface area contributed by atoms with Crippen LogP contribution in [0.4, 0.5) is 5.95 Å². The van der Waals surface area contributed by atoms with Crippen LogP contribution in [0.1, 0.15) is 29.2 Å². The Morgan fingerprint density at radius 3 is 2.90 bits per heavy atom. The summed E-state index contributed by atoms with van der Waals surface area (Å²) in [5.41, 5.74) is 6.38. The molecule has 0 radical (unpaired) electrons. The number of aryl methyl sites for hydroxylation is 2. The molecule has 1 N–H and O–H groups in total. The number of benzene rings is 2. The highest BCUT2D eigenvalue weighted by atomic mass is 15.2. The van der Waals surface area contributed by atoms with Gasteiger partial charge in [0.1, 0.15) is 0 Å². The van der Waals surface area contributed by atoms with E-state index in [9.17, 15) is 0 Å². The Morgan fingerprint density at radius 2 is 2.00 bits per heavy atom. The first-order chi connectivity index (χ1) is 10.2. The maximum Gasteiger partial charge on any atom is 0.204 e. The summed E-state index contributed by atoms with van der Waals surface area (Å²) >= 11 is 0. The maximum absolute atomic E-state index is 4.73. The first-order valence-electron chi connectivity index (χ1n) is 7.52. The highest BCUT2D eigenvalue weighted by Crippen LogP contribution is 2.35. The van der Waals surface area contributed by atoms with E-state index in [1.807, 2.05) is 6.07 Å². The lowest BCUT2D eigenvalue weighted by atomic mass is 9.95. The van der Waals surface area contributed by atoms with Crippen LogP contribution in [0, 0.1) is 13.8 Å². The number of hydrogen-bond acceptors (Lipinski definition) is 2. The van der Waals surface area contributed by atoms with Crippen molar-refractivity contribution in [2.45, 2.75) is 26.3 Å². The third-order valence-electron chi connectivity index (χ3n) is 4.40. The molecule has 3 heteroatoms. The molecule has 1 aromatic heterocycles. The van der Waals surface area contributed by atoms with Gasteiger partial charge in [0.15, 0.2) is 0 Å². The van der Waals surface area contributed by atoms with Crippen molar-refractivity contribution in [2.24, 2.45) is 0 Å². The quantitative estimate of drug-likeness (QED) is 0.727. The van der Waals surface area contributed by atoms with Crippen molar-refractivity contribution in [1.82, 2.24) is 9.55 Å². The molecule has 106 valence electrons. The average molecular weight is 277 g/mol. The summed E-state index contributed by atoms with van der Waals surface area (Å²) in [4.78, 5) is 4.73. The molecule has 1 atom stereocenters. The van der Waals surface area contributed by atoms with Crippen LogP contribution in [0.15, 0.2) is 42.5 Å². The van der Waals surface area contributed by atoms with Crippen molar-refractivity contribution in [2.75, 3.05) is 11.9 Å². The van der Waals surface area contributed by atoms with Gasteiger partial charge in [-0.3, -0.25) is 0 Å². The number of fused-ring (bicyclic) bond motifs is 3. The van der Waals surface area contributed by atoms with E-state index >= 15 is 0 Å². The fraction of sp³-hybridized carbons (Fsp3) is 0.278. The average Bonchev–Trinajstić information content (AvgIpc) is 2.88. The van der Waals surface area contributed by atoms with Crippen LogP contribution < -0.4 is 5.32 Å². The monoisotopic (exact) mass is 277 g/mol. The zero-order valence-corrected chi connectivity index (χ0v) is 12.4. The molecule has 0 amide bonds. The van der Waals surface area contributed by atoms with Crippen LogP contribution >= 0.6 is 0 Å². The minimum absolute atomic E-state index is 0.369. The topological polar surface area (TPSA) is 29.9 Å². The predicted molar refractivity (Wildman–Crippen MR) is 86.9 cm³/mol. The Kier molecular flexibility index (Phi) is 2.74. The first kappa shape index (κ1) is 12.5. The molecule has 0 fully saturated rings. The summed E-state index contributed by atoms with van der Waals surface area (Å²) in [6, 6.07) is 15.5. The summed E-state index contributed by atoms with van der Waals surface area (Å²) < 4.78 is 2.36. The standard InChI is InChI=1S/C18H19N3/c1-12-7-8-13(2)14(11-12)16-9-10-19-18-20-15-5-3-4-6-17(15)21(16)18/h3-8,11,16H,9-10H2,1-2H3,(H,19,20). The number of para-hydroxylation sites is 2. The Labute approximate surface area is 124 Å². The SMILES string of the molecule is Cc1ccc(C)c(C2CCNc3nc4ccccc4n32)c1. The van der Waals surface area contributed by atoms with Crippen LogP contribution in [0.2, 0.25) is 0 Å². The number of imidazole rings is 1. The van der Waals surface area contributed by atoms with Crippen LogP contribution in [0.25, 0.3) is 11.0 Å². The fourth-order valence-corrected chi connectivity index (χ4v) is 3.35. The van der Waals surface area contributed by atoms with Crippen LogP contribution in [0.5, 0.6) is 0 Å². The van der Waals surface area contributed by atoms with Gasteiger partial charge < -0.3 is 9.88 Å². The number of rotatable bonds is 1. The summed E-state index contributed by atoms with van der Waals surface area (Å²) in [5, 5.41) is 3.44. The maximum atomic E-state index is 4.73. The van der Waals surface area contributed by atoms with Gasteiger partial charge >= 0.3 is 0 Å². The summed E-state index contributed by atoms with van der Waals surface area (Å²) in [5.74, 6) is 0.994. The molecule has 0 spiro atoms. The Bertz CT molecular complexity index is 816. The third kappa shape index (κ3) is 1.92. The lowest BCUT2D eigenvalue weighted by molar-refractivity contribution is 0.540. The van der Waals surface area contributed by atoms with Crippen LogP contribution in [-0.4, -0.2) is 16.1 Å². The van der Waals surface area contributed by atoms with Crippen molar-refractivity contribution < 1.29 is 0 Å². The summed E-state index contributed by atoms with van der Waals surface area (Å²) in [6.45, 7) is 5.34. The van der Waals surface area contributed by atoms with Gasteiger partial charge in [-0.25, -0.2) is 4.98 Å². The van der Waals surface area contributed by atoms with Crippen molar-refractivity contribution in [3.63, 3.8) is 0 Å². The lowest BCUT2D eigenvalue weighted by Gasteiger charge is -2.28. The van der Waals surface area contributed by atoms with Crippen molar-refractivity contribution in [1.29, 1.82) is 0 Å². The molecule has 0 bridgehead atoms. The third-order valence-corrected chi connectivity index (χ3v) is 4.40. The number of nitrogens with zero attached hydrogens (tertiary/aromatic N) is 2. The van der Waals surface area contributed by atoms with Gasteiger partial charge in [-0.15, -0.1) is 0 Å². The Morgan fingerprint density at radius 1 is 1.14 bits per heavy atom. The molecule has 1 aliphatic rings. The largest absolute Gasteiger partial charge is 0.356 e. The smallest absolute Gasteiger partial charge is 0.204 e. The van der Waals surface area contributed by atoms with Gasteiger partial charge in [0.25, 0.3) is 0 Å². The molecular weight excluding hydrogens is 258 g/mol. The summed E-state index contributed by atoms with van der Waals surface area (Å²) in [6.07, 6.45) is 1.09. The van der Waals surface area contributed by atoms with Gasteiger partial charge in [-0.2, -0.15) is 0 Å². The van der Waals surface area contributed by atoms with E-state index in [1.165, 1.54) is 22.2 Å². The van der Waals surface area contributed by atoms with Gasteiger partial charge in [0, 0.05) is 6.54 Å². The number of hydrogen-bond donors (Lipinski definition) is 1. The fourth-order valence-electron chi connectivity index (χ4n) is 3.35. The minimum Gasteiger partial charge on any atom is -0.356 e. The lowest BCUT2D eigenvalue weighted by Crippen LogP contribution is -2.24. The highest BCUT2D eigenvalue weighted by Gasteiger charge is 2.25. The van der Waals surface area contributed by atoms with Crippen molar-refractivity contribution in [3.05, 3.63) is 59.2 Å². The van der Waals surface area contributed by atoms with E-state index in [0.717, 1.165) is 24.4 Å². The van der Waals surface area contributed by atoms with Crippen LogP contribution in [0.3, 0.4) is 0 Å². The van der Waals surface area contributed by atoms with E-state index in [4.69, 9.17) is 4.98 Å². The van der Waals surface area contributed by atoms with E-state index in [2.05, 4.69) is 60.1 Å². The van der Waals surface area contributed by atoms with Gasteiger partial charge in [-0.05, 0) is 43.5 Å². The Hall–Kier alpha value is -2.29. The van der Waals surface area contributed by atoms with Gasteiger partial charge in [-0.1, -0.05) is 35.9 Å². The second kappa shape index (κ2) is 4.62. The predicted octanol–water partition coefficient (Wildman–Crippen LogP) is 4.06. The second-order valence-corrected chi connectivity index (χ2v) is 5.89. The molecule has 1 unspecified atom stereocenters. The first-order valence-corrected chi connectivity index (χ1v) is 7.52. The summed E-state index contributed by atoms with van der Waals surface area (Å²) in [7, 11) is 0. The molecule has 2 aromatic carbocycles. The normalized spacial score (nSPS) is 17.5. The molecule has 1 aliphatic heterocycles. The molecule has 0 saturated carbocycles. The van der Waals surface area contributed by atoms with Crippen molar-refractivity contribution in [3.8, 4) is 0 Å². The molecule has 21 heavy (non-hydrogen) atoms. The van der Waals surface area contributed by atoms with Gasteiger partial charge in [0.05, 0.1) is 17.1 Å². The molecule has 3 nitrogen and oxygen atoms in total. The van der Waals surface area contributed by atoms with E-state index in [0.29, 0.717) is 6.04 Å². The zero-order chi connectivity index (χ0) is 14.4. The highest BCUT2D eigenvalue weighted by molar-refractivity contribution is 5.79. The number of anilines is 1. The molecule has 0 saturated heterocycles. The van der Waals surface area contributed by atoms with E-state index < -0.39 is 0 Å². The number of aromatic nitrogens is 2. The zero-order valence-electron chi connectivity index (χ0n) is 12.4. The molecule has 4 rings (SSSR count). The van der Waals surface area contributed by atoms with Gasteiger partial charge in [0.2, 0.25) is 5.95 Å².